The minimum Gasteiger partial charge on any atom is -0.274 e. The van der Waals surface area contributed by atoms with Crippen LogP contribution in [0.25, 0.3) is 11.0 Å². The maximum Gasteiger partial charge on any atom is 0.235 e. The van der Waals surface area contributed by atoms with Crippen molar-refractivity contribution in [3.8, 4) is 0 Å². The molecule has 0 radical (unpaired) electrons. The predicted octanol–water partition coefficient (Wildman–Crippen LogP) is 4.55. The molecule has 1 aromatic heterocycles. The quantitative estimate of drug-likeness (QED) is 0.769. The summed E-state index contributed by atoms with van der Waals surface area (Å²) in [5, 5.41) is 0. The number of hydrogen-bond donors (Lipinski definition) is 0. The van der Waals surface area contributed by atoms with Gasteiger partial charge in [-0.2, -0.15) is 0 Å². The molecule has 0 amide bonds. The fourth-order valence-electron chi connectivity index (χ4n) is 3.28. The highest BCUT2D eigenvalue weighted by Gasteiger charge is 2.30. The van der Waals surface area contributed by atoms with Crippen LogP contribution < -0.4 is 0 Å². The van der Waals surface area contributed by atoms with E-state index in [-0.39, 0.29) is 17.2 Å². The van der Waals surface area contributed by atoms with Crippen molar-refractivity contribution < 1.29 is 4.79 Å². The van der Waals surface area contributed by atoms with Crippen LogP contribution in [-0.4, -0.2) is 15.5 Å². The van der Waals surface area contributed by atoms with Gasteiger partial charge in [-0.1, -0.05) is 52.2 Å². The zero-order chi connectivity index (χ0) is 15.0. The Morgan fingerprint density at radius 2 is 1.81 bits per heavy atom. The Balaban J connectivity index is 2.12. The van der Waals surface area contributed by atoms with Crippen LogP contribution in [0.5, 0.6) is 0 Å². The SMILES string of the molecule is CC(C)(C)c1nc2ccccc2n1C(=O)C1CCCCC1. The van der Waals surface area contributed by atoms with E-state index in [2.05, 4.69) is 20.8 Å². The number of carbonyl (C=O) groups excluding carboxylic acids is 1. The van der Waals surface area contributed by atoms with Crippen molar-refractivity contribution in [2.75, 3.05) is 0 Å². The van der Waals surface area contributed by atoms with Gasteiger partial charge in [-0.15, -0.1) is 0 Å². The zero-order valence-electron chi connectivity index (χ0n) is 13.2. The predicted molar refractivity (Wildman–Crippen MR) is 85.6 cm³/mol. The number of rotatable bonds is 1. The number of imidazole rings is 1. The van der Waals surface area contributed by atoms with Crippen molar-refractivity contribution in [2.24, 2.45) is 5.92 Å². The van der Waals surface area contributed by atoms with Gasteiger partial charge < -0.3 is 0 Å². The van der Waals surface area contributed by atoms with Crippen LogP contribution in [0, 0.1) is 5.92 Å². The van der Waals surface area contributed by atoms with E-state index in [1.807, 2.05) is 28.8 Å². The molecule has 3 heteroatoms. The first kappa shape index (κ1) is 14.3. The molecule has 3 nitrogen and oxygen atoms in total. The number of nitrogens with zero attached hydrogens (tertiary/aromatic N) is 2. The molecular formula is C18H24N2O. The largest absolute Gasteiger partial charge is 0.274 e. The van der Waals surface area contributed by atoms with Gasteiger partial charge in [0.15, 0.2) is 0 Å². The summed E-state index contributed by atoms with van der Waals surface area (Å²) in [6, 6.07) is 7.98. The Morgan fingerprint density at radius 3 is 2.48 bits per heavy atom. The van der Waals surface area contributed by atoms with E-state index in [1.54, 1.807) is 0 Å². The molecule has 1 aromatic carbocycles. The lowest BCUT2D eigenvalue weighted by Crippen LogP contribution is -2.29. The molecule has 1 aliphatic rings. The molecule has 3 rings (SSSR count). The lowest BCUT2D eigenvalue weighted by Gasteiger charge is -2.24. The van der Waals surface area contributed by atoms with Crippen molar-refractivity contribution in [1.82, 2.24) is 9.55 Å². The van der Waals surface area contributed by atoms with Gasteiger partial charge in [-0.3, -0.25) is 9.36 Å². The second-order valence-electron chi connectivity index (χ2n) is 7.18. The van der Waals surface area contributed by atoms with E-state index in [1.165, 1.54) is 19.3 Å². The molecule has 0 unspecified atom stereocenters. The maximum absolute atomic E-state index is 13.1. The monoisotopic (exact) mass is 284 g/mol. The average molecular weight is 284 g/mol. The van der Waals surface area contributed by atoms with Gasteiger partial charge in [0, 0.05) is 11.3 Å². The van der Waals surface area contributed by atoms with E-state index in [0.29, 0.717) is 0 Å². The number of para-hydroxylation sites is 2. The molecule has 0 N–H and O–H groups in total. The summed E-state index contributed by atoms with van der Waals surface area (Å²) in [5.41, 5.74) is 1.74. The first-order chi connectivity index (χ1) is 9.98. The van der Waals surface area contributed by atoms with Gasteiger partial charge in [0.25, 0.3) is 0 Å². The molecule has 112 valence electrons. The van der Waals surface area contributed by atoms with Crippen LogP contribution in [-0.2, 0) is 5.41 Å². The van der Waals surface area contributed by atoms with Crippen LogP contribution in [0.2, 0.25) is 0 Å². The summed E-state index contributed by atoms with van der Waals surface area (Å²) in [6.45, 7) is 6.37. The molecule has 1 fully saturated rings. The molecule has 0 spiro atoms. The number of benzene rings is 1. The third-order valence-corrected chi connectivity index (χ3v) is 4.41. The van der Waals surface area contributed by atoms with Crippen LogP contribution in [0.1, 0.15) is 63.5 Å². The van der Waals surface area contributed by atoms with Crippen molar-refractivity contribution in [1.29, 1.82) is 0 Å². The number of carbonyl (C=O) groups is 1. The lowest BCUT2D eigenvalue weighted by atomic mass is 9.88. The zero-order valence-corrected chi connectivity index (χ0v) is 13.2. The number of fused-ring (bicyclic) bond motifs is 1. The molecule has 21 heavy (non-hydrogen) atoms. The van der Waals surface area contributed by atoms with Gasteiger partial charge in [0.2, 0.25) is 5.91 Å². The first-order valence-corrected chi connectivity index (χ1v) is 8.00. The molecular weight excluding hydrogens is 260 g/mol. The van der Waals surface area contributed by atoms with Gasteiger partial charge in [0.1, 0.15) is 5.82 Å². The molecule has 1 aliphatic carbocycles. The van der Waals surface area contributed by atoms with Crippen molar-refractivity contribution in [2.45, 2.75) is 58.3 Å². The summed E-state index contributed by atoms with van der Waals surface area (Å²) < 4.78 is 1.89. The second-order valence-corrected chi connectivity index (χ2v) is 7.18. The minimum absolute atomic E-state index is 0.136. The lowest BCUT2D eigenvalue weighted by molar-refractivity contribution is 0.0799. The highest BCUT2D eigenvalue weighted by atomic mass is 16.2. The maximum atomic E-state index is 13.1. The highest BCUT2D eigenvalue weighted by Crippen LogP contribution is 2.31. The fraction of sp³-hybridized carbons (Fsp3) is 0.556. The summed E-state index contributed by atoms with van der Waals surface area (Å²) in [4.78, 5) is 17.8. The molecule has 1 saturated carbocycles. The molecule has 0 atom stereocenters. The van der Waals surface area contributed by atoms with Crippen molar-refractivity contribution >= 4 is 16.9 Å². The van der Waals surface area contributed by atoms with Crippen LogP contribution >= 0.6 is 0 Å². The smallest absolute Gasteiger partial charge is 0.235 e. The van der Waals surface area contributed by atoms with Gasteiger partial charge in [-0.05, 0) is 25.0 Å². The molecule has 1 heterocycles. The second kappa shape index (κ2) is 5.28. The third kappa shape index (κ3) is 2.61. The topological polar surface area (TPSA) is 34.9 Å². The standard InChI is InChI=1S/C18H24N2O/c1-18(2,3)17-19-14-11-7-8-12-15(14)20(17)16(21)13-9-5-4-6-10-13/h7-8,11-13H,4-6,9-10H2,1-3H3. The first-order valence-electron chi connectivity index (χ1n) is 8.00. The van der Waals surface area contributed by atoms with Crippen LogP contribution in [0.3, 0.4) is 0 Å². The normalized spacial score (nSPS) is 17.3. The van der Waals surface area contributed by atoms with E-state index < -0.39 is 0 Å². The molecule has 2 aromatic rings. The molecule has 0 bridgehead atoms. The minimum atomic E-state index is -0.136. The van der Waals surface area contributed by atoms with E-state index in [0.717, 1.165) is 29.7 Å². The van der Waals surface area contributed by atoms with Gasteiger partial charge in [-0.25, -0.2) is 4.98 Å². The summed E-state index contributed by atoms with van der Waals surface area (Å²) >= 11 is 0. The van der Waals surface area contributed by atoms with E-state index in [4.69, 9.17) is 4.98 Å². The molecule has 0 aliphatic heterocycles. The van der Waals surface area contributed by atoms with Crippen molar-refractivity contribution in [3.05, 3.63) is 30.1 Å². The fourth-order valence-corrected chi connectivity index (χ4v) is 3.28. The van der Waals surface area contributed by atoms with Gasteiger partial charge in [0.05, 0.1) is 11.0 Å². The van der Waals surface area contributed by atoms with Gasteiger partial charge >= 0.3 is 0 Å². The van der Waals surface area contributed by atoms with Crippen molar-refractivity contribution in [3.63, 3.8) is 0 Å². The summed E-state index contributed by atoms with van der Waals surface area (Å²) in [6.07, 6.45) is 5.66. The third-order valence-electron chi connectivity index (χ3n) is 4.41. The highest BCUT2D eigenvalue weighted by molar-refractivity contribution is 5.92. The Bertz CT molecular complexity index is 657. The Labute approximate surface area is 126 Å². The van der Waals surface area contributed by atoms with Crippen LogP contribution in [0.4, 0.5) is 0 Å². The molecule has 0 saturated heterocycles. The Morgan fingerprint density at radius 1 is 1.14 bits per heavy atom. The van der Waals surface area contributed by atoms with E-state index >= 15 is 0 Å². The Kier molecular flexibility index (Phi) is 3.60. The summed E-state index contributed by atoms with van der Waals surface area (Å²) in [5.74, 6) is 1.30. The number of aromatic nitrogens is 2. The summed E-state index contributed by atoms with van der Waals surface area (Å²) in [7, 11) is 0. The Hall–Kier alpha value is -1.64. The number of hydrogen-bond acceptors (Lipinski definition) is 2. The van der Waals surface area contributed by atoms with E-state index in [9.17, 15) is 4.79 Å². The van der Waals surface area contributed by atoms with Crippen LogP contribution in [0.15, 0.2) is 24.3 Å². The average Bonchev–Trinajstić information content (AvgIpc) is 2.87.